The van der Waals surface area contributed by atoms with Gasteiger partial charge in [0.1, 0.15) is 6.10 Å². The number of carbonyl (C=O) groups is 1. The first-order valence-electron chi connectivity index (χ1n) is 6.08. The van der Waals surface area contributed by atoms with Gasteiger partial charge in [0.2, 0.25) is 0 Å². The maximum atomic E-state index is 11.5. The molecule has 0 saturated carbocycles. The minimum atomic E-state index is -0.314. The van der Waals surface area contributed by atoms with Crippen molar-refractivity contribution in [2.75, 3.05) is 7.05 Å². The van der Waals surface area contributed by atoms with Gasteiger partial charge in [-0.25, -0.2) is 4.79 Å². The first kappa shape index (κ1) is 11.9. The molecule has 1 aromatic heterocycles. The number of likely N-dealkylation sites (N-methyl/N-ethyl adjacent to an activating group) is 1. The largest absolute Gasteiger partial charge is 0.439 e. The lowest BCUT2D eigenvalue weighted by Crippen LogP contribution is -2.32. The van der Waals surface area contributed by atoms with Crippen molar-refractivity contribution in [3.05, 3.63) is 47.8 Å². The maximum Gasteiger partial charge on any atom is 0.410 e. The molecular formula is C14H14N2O3. The number of ether oxygens (including phenoxy) is 1. The normalized spacial score (nSPS) is 25.1. The summed E-state index contributed by atoms with van der Waals surface area (Å²) < 4.78 is 5.21. The fourth-order valence-electron chi connectivity index (χ4n) is 2.41. The second-order valence-electron chi connectivity index (χ2n) is 4.62. The summed E-state index contributed by atoms with van der Waals surface area (Å²) in [6.07, 6.45) is 8.59. The molecule has 0 radical (unpaired) electrons. The first-order valence-corrected chi connectivity index (χ1v) is 6.08. The fraction of sp³-hybridized carbons (Fsp3) is 0.286. The van der Waals surface area contributed by atoms with Gasteiger partial charge in [0.25, 0.3) is 0 Å². The van der Waals surface area contributed by atoms with Crippen LogP contribution in [0.25, 0.3) is 5.57 Å². The Hall–Kier alpha value is -2.14. The molecule has 2 atom stereocenters. The van der Waals surface area contributed by atoms with E-state index in [4.69, 9.17) is 4.74 Å². The SMILES string of the molecule is CN1C(=O)OC2C=CC(c3cnccc3CO)=CC21. The molecule has 1 saturated heterocycles. The number of allylic oxidation sites excluding steroid dienone is 2. The molecule has 19 heavy (non-hydrogen) atoms. The first-order chi connectivity index (χ1) is 9.20. The second kappa shape index (κ2) is 4.51. The molecule has 3 rings (SSSR count). The van der Waals surface area contributed by atoms with E-state index in [1.807, 2.05) is 18.2 Å². The molecule has 2 unspecified atom stereocenters. The van der Waals surface area contributed by atoms with E-state index >= 15 is 0 Å². The van der Waals surface area contributed by atoms with Gasteiger partial charge < -0.3 is 14.7 Å². The smallest absolute Gasteiger partial charge is 0.410 e. The third kappa shape index (κ3) is 1.92. The molecule has 1 aromatic rings. The van der Waals surface area contributed by atoms with Crippen LogP contribution >= 0.6 is 0 Å². The summed E-state index contributed by atoms with van der Waals surface area (Å²) in [5, 5.41) is 9.36. The van der Waals surface area contributed by atoms with E-state index in [0.717, 1.165) is 16.7 Å². The summed E-state index contributed by atoms with van der Waals surface area (Å²) in [5.74, 6) is 0. The van der Waals surface area contributed by atoms with E-state index in [1.54, 1.807) is 30.4 Å². The van der Waals surface area contributed by atoms with Crippen molar-refractivity contribution in [3.63, 3.8) is 0 Å². The summed E-state index contributed by atoms with van der Waals surface area (Å²) in [7, 11) is 1.72. The average molecular weight is 258 g/mol. The number of pyridine rings is 1. The van der Waals surface area contributed by atoms with Gasteiger partial charge in [-0.3, -0.25) is 4.98 Å². The zero-order valence-electron chi connectivity index (χ0n) is 10.5. The Kier molecular flexibility index (Phi) is 2.83. The van der Waals surface area contributed by atoms with Crippen LogP contribution in [0.3, 0.4) is 0 Å². The van der Waals surface area contributed by atoms with Crippen molar-refractivity contribution in [2.24, 2.45) is 0 Å². The molecule has 0 spiro atoms. The number of fused-ring (bicyclic) bond motifs is 1. The van der Waals surface area contributed by atoms with Crippen molar-refractivity contribution in [2.45, 2.75) is 18.8 Å². The predicted octanol–water partition coefficient (Wildman–Crippen LogP) is 1.35. The molecule has 2 aliphatic rings. The van der Waals surface area contributed by atoms with Crippen molar-refractivity contribution < 1.29 is 14.6 Å². The van der Waals surface area contributed by atoms with Crippen molar-refractivity contribution in [1.29, 1.82) is 0 Å². The lowest BCUT2D eigenvalue weighted by Gasteiger charge is -2.21. The quantitative estimate of drug-likeness (QED) is 0.869. The zero-order chi connectivity index (χ0) is 13.4. The monoisotopic (exact) mass is 258 g/mol. The standard InChI is InChI=1S/C14H14N2O3/c1-16-12-6-9(2-3-13(12)19-14(16)18)11-7-15-5-4-10(11)8-17/h2-7,12-13,17H,8H2,1H3. The van der Waals surface area contributed by atoms with Crippen LogP contribution in [0.15, 0.2) is 36.7 Å². The Morgan fingerprint density at radius 1 is 1.53 bits per heavy atom. The van der Waals surface area contributed by atoms with Crippen molar-refractivity contribution in [3.8, 4) is 0 Å². The number of amides is 1. The molecule has 1 aliphatic carbocycles. The molecule has 5 nitrogen and oxygen atoms in total. The summed E-state index contributed by atoms with van der Waals surface area (Å²) in [5.41, 5.74) is 2.65. The minimum absolute atomic E-state index is 0.0393. The van der Waals surface area contributed by atoms with Gasteiger partial charge >= 0.3 is 6.09 Å². The van der Waals surface area contributed by atoms with Crippen LogP contribution < -0.4 is 0 Å². The second-order valence-corrected chi connectivity index (χ2v) is 4.62. The van der Waals surface area contributed by atoms with E-state index in [2.05, 4.69) is 4.98 Å². The molecule has 0 aromatic carbocycles. The van der Waals surface area contributed by atoms with Crippen molar-refractivity contribution >= 4 is 11.7 Å². The van der Waals surface area contributed by atoms with Gasteiger partial charge in [-0.05, 0) is 29.4 Å². The number of rotatable bonds is 2. The molecule has 1 aliphatic heterocycles. The van der Waals surface area contributed by atoms with Gasteiger partial charge in [-0.15, -0.1) is 0 Å². The van der Waals surface area contributed by atoms with E-state index < -0.39 is 0 Å². The highest BCUT2D eigenvalue weighted by Crippen LogP contribution is 2.30. The number of hydrogen-bond acceptors (Lipinski definition) is 4. The van der Waals surface area contributed by atoms with Crippen LogP contribution in [0.1, 0.15) is 11.1 Å². The number of aliphatic hydroxyl groups is 1. The Morgan fingerprint density at radius 2 is 2.37 bits per heavy atom. The molecular weight excluding hydrogens is 244 g/mol. The van der Waals surface area contributed by atoms with E-state index in [1.165, 1.54) is 0 Å². The summed E-state index contributed by atoms with van der Waals surface area (Å²) in [6.45, 7) is -0.0393. The summed E-state index contributed by atoms with van der Waals surface area (Å²) >= 11 is 0. The number of hydrogen-bond donors (Lipinski definition) is 1. The van der Waals surface area contributed by atoms with Crippen LogP contribution in [0, 0.1) is 0 Å². The van der Waals surface area contributed by atoms with E-state index in [-0.39, 0.29) is 24.8 Å². The highest BCUT2D eigenvalue weighted by Gasteiger charge is 2.38. The Balaban J connectivity index is 1.99. The lowest BCUT2D eigenvalue weighted by molar-refractivity contribution is 0.148. The third-order valence-corrected chi connectivity index (χ3v) is 3.52. The Labute approximate surface area is 110 Å². The highest BCUT2D eigenvalue weighted by atomic mass is 16.6. The van der Waals surface area contributed by atoms with Gasteiger partial charge in [0, 0.05) is 25.0 Å². The molecule has 2 heterocycles. The number of aliphatic hydroxyl groups excluding tert-OH is 1. The van der Waals surface area contributed by atoms with Crippen LogP contribution in [0.5, 0.6) is 0 Å². The molecule has 5 heteroatoms. The topological polar surface area (TPSA) is 62.7 Å². The molecule has 1 fully saturated rings. The fourth-order valence-corrected chi connectivity index (χ4v) is 2.41. The maximum absolute atomic E-state index is 11.5. The number of nitrogens with zero attached hydrogens (tertiary/aromatic N) is 2. The predicted molar refractivity (Wildman–Crippen MR) is 69.1 cm³/mol. The van der Waals surface area contributed by atoms with Gasteiger partial charge in [0.15, 0.2) is 0 Å². The summed E-state index contributed by atoms with van der Waals surface area (Å²) in [4.78, 5) is 17.2. The molecule has 1 N–H and O–H groups in total. The number of aromatic nitrogens is 1. The lowest BCUT2D eigenvalue weighted by atomic mass is 9.93. The number of carbonyl (C=O) groups excluding carboxylic acids is 1. The van der Waals surface area contributed by atoms with Crippen LogP contribution in [-0.2, 0) is 11.3 Å². The minimum Gasteiger partial charge on any atom is -0.439 e. The molecule has 0 bridgehead atoms. The average Bonchev–Trinajstić information content (AvgIpc) is 2.74. The van der Waals surface area contributed by atoms with Gasteiger partial charge in [-0.2, -0.15) is 0 Å². The van der Waals surface area contributed by atoms with E-state index in [0.29, 0.717) is 0 Å². The summed E-state index contributed by atoms with van der Waals surface area (Å²) in [6, 6.07) is 1.69. The van der Waals surface area contributed by atoms with Crippen LogP contribution in [0.2, 0.25) is 0 Å². The van der Waals surface area contributed by atoms with Crippen LogP contribution in [0.4, 0.5) is 4.79 Å². The Morgan fingerprint density at radius 3 is 3.16 bits per heavy atom. The molecule has 98 valence electrons. The third-order valence-electron chi connectivity index (χ3n) is 3.52. The zero-order valence-corrected chi connectivity index (χ0v) is 10.5. The van der Waals surface area contributed by atoms with Gasteiger partial charge in [-0.1, -0.05) is 6.08 Å². The van der Waals surface area contributed by atoms with E-state index in [9.17, 15) is 9.90 Å². The Bertz CT molecular complexity index is 580. The molecule has 1 amide bonds. The van der Waals surface area contributed by atoms with Gasteiger partial charge in [0.05, 0.1) is 12.6 Å². The highest BCUT2D eigenvalue weighted by molar-refractivity contribution is 5.80. The van der Waals surface area contributed by atoms with Crippen LogP contribution in [-0.4, -0.2) is 40.3 Å². The van der Waals surface area contributed by atoms with Crippen molar-refractivity contribution in [1.82, 2.24) is 9.88 Å².